The molecule has 1 aliphatic carbocycles. The molecule has 9 heteroatoms. The van der Waals surface area contributed by atoms with E-state index in [4.69, 9.17) is 14.6 Å². The summed E-state index contributed by atoms with van der Waals surface area (Å²) in [7, 11) is 3.30. The van der Waals surface area contributed by atoms with Crippen LogP contribution in [0.4, 0.5) is 4.39 Å². The zero-order valence-electron chi connectivity index (χ0n) is 26.1. The number of allylic oxidation sites excluding steroid dienone is 3. The lowest BCUT2D eigenvalue weighted by atomic mass is 9.73. The summed E-state index contributed by atoms with van der Waals surface area (Å²) in [6.07, 6.45) is 9.95. The maximum atomic E-state index is 13.2. The van der Waals surface area contributed by atoms with Crippen molar-refractivity contribution >= 4 is 5.91 Å². The molecule has 2 aromatic heterocycles. The number of halogens is 1. The third-order valence-electron chi connectivity index (χ3n) is 7.58. The van der Waals surface area contributed by atoms with E-state index >= 15 is 0 Å². The summed E-state index contributed by atoms with van der Waals surface area (Å²) in [5, 5.41) is 21.8. The van der Waals surface area contributed by atoms with Crippen LogP contribution in [0.2, 0.25) is 0 Å². The van der Waals surface area contributed by atoms with Gasteiger partial charge in [-0.2, -0.15) is 4.39 Å². The molecule has 0 radical (unpaired) electrons. The first-order valence-electron chi connectivity index (χ1n) is 14.8. The van der Waals surface area contributed by atoms with E-state index in [-0.39, 0.29) is 17.9 Å². The first-order valence-corrected chi connectivity index (χ1v) is 14.8. The molecule has 2 aliphatic rings. The largest absolute Gasteiger partial charge is 0.501 e. The number of aryl methyl sites for hydroxylation is 1. The van der Waals surface area contributed by atoms with Crippen LogP contribution in [0.15, 0.2) is 53.8 Å². The Labute approximate surface area is 250 Å². The van der Waals surface area contributed by atoms with Crippen LogP contribution in [-0.4, -0.2) is 59.1 Å². The minimum Gasteiger partial charge on any atom is -0.501 e. The highest BCUT2D eigenvalue weighted by molar-refractivity contribution is 5.80. The molecule has 3 N–H and O–H groups in total. The van der Waals surface area contributed by atoms with Crippen LogP contribution in [-0.2, 0) is 14.3 Å². The normalized spacial score (nSPS) is 21.7. The highest BCUT2D eigenvalue weighted by Crippen LogP contribution is 2.40. The molecular weight excluding hydrogens is 537 g/mol. The molecular formula is C33H48FN3O5. The predicted octanol–water partition coefficient (Wildman–Crippen LogP) is 5.80. The number of methoxy groups -OCH3 is 2. The van der Waals surface area contributed by atoms with Crippen molar-refractivity contribution in [1.82, 2.24) is 15.3 Å². The second-order valence-electron chi connectivity index (χ2n) is 10.6. The van der Waals surface area contributed by atoms with E-state index in [9.17, 15) is 14.3 Å². The zero-order chi connectivity index (χ0) is 31.2. The lowest BCUT2D eigenvalue weighted by Crippen LogP contribution is -2.57. The lowest BCUT2D eigenvalue weighted by Gasteiger charge is -2.42. The number of piperidine rings is 1. The number of nitrogens with zero attached hydrogens (tertiary/aromatic N) is 2. The molecule has 1 fully saturated rings. The minimum absolute atomic E-state index is 0.0758. The topological polar surface area (TPSA) is 114 Å². The number of hydrogen-bond acceptors (Lipinski definition) is 7. The van der Waals surface area contributed by atoms with Gasteiger partial charge in [0, 0.05) is 59.8 Å². The molecule has 0 saturated carbocycles. The number of carbonyl (C=O) groups is 1. The van der Waals surface area contributed by atoms with E-state index in [0.29, 0.717) is 12.2 Å². The van der Waals surface area contributed by atoms with Crippen LogP contribution in [0, 0.1) is 31.6 Å². The Morgan fingerprint density at radius 3 is 2.38 bits per heavy atom. The van der Waals surface area contributed by atoms with Gasteiger partial charge in [-0.25, -0.2) is 4.98 Å². The van der Waals surface area contributed by atoms with Gasteiger partial charge in [-0.15, -0.1) is 0 Å². The Morgan fingerprint density at radius 2 is 1.81 bits per heavy atom. The molecule has 4 rings (SSSR count). The average molecular weight is 586 g/mol. The summed E-state index contributed by atoms with van der Waals surface area (Å²) in [4.78, 5) is 19.9. The Hall–Kier alpha value is -3.30. The van der Waals surface area contributed by atoms with Crippen molar-refractivity contribution < 1.29 is 28.9 Å². The smallest absolute Gasteiger partial charge is 0.225 e. The van der Waals surface area contributed by atoms with Crippen LogP contribution >= 0.6 is 0 Å². The maximum Gasteiger partial charge on any atom is 0.225 e. The Balaban J connectivity index is 0.000000277. The summed E-state index contributed by atoms with van der Waals surface area (Å²) >= 11 is 0. The number of carbonyl (C=O) groups excluding carboxylic acids is 1. The molecule has 8 nitrogen and oxygen atoms in total. The summed E-state index contributed by atoms with van der Waals surface area (Å²) in [6.45, 7) is 9.79. The van der Waals surface area contributed by atoms with E-state index in [1.165, 1.54) is 6.20 Å². The summed E-state index contributed by atoms with van der Waals surface area (Å²) in [6, 6.07) is 5.55. The fourth-order valence-corrected chi connectivity index (χ4v) is 5.08. The van der Waals surface area contributed by atoms with Crippen LogP contribution < -0.4 is 5.32 Å². The van der Waals surface area contributed by atoms with Gasteiger partial charge in [0.25, 0.3) is 0 Å². The third kappa shape index (κ3) is 9.10. The highest BCUT2D eigenvalue weighted by atomic mass is 19.1. The van der Waals surface area contributed by atoms with Gasteiger partial charge in [0.05, 0.1) is 26.2 Å². The van der Waals surface area contributed by atoms with E-state index in [1.807, 2.05) is 32.1 Å². The third-order valence-corrected chi connectivity index (χ3v) is 7.58. The average Bonchev–Trinajstić information content (AvgIpc) is 3.01. The number of nitrogens with one attached hydrogen (secondary N) is 1. The van der Waals surface area contributed by atoms with Gasteiger partial charge in [0.1, 0.15) is 11.5 Å². The first-order chi connectivity index (χ1) is 20.1. The molecule has 0 spiro atoms. The quantitative estimate of drug-likeness (QED) is 0.336. The molecule has 0 aromatic carbocycles. The number of unbranched alkanes of at least 4 members (excludes halogenated alkanes) is 1. The van der Waals surface area contributed by atoms with Crippen molar-refractivity contribution in [3.8, 4) is 11.1 Å². The predicted molar refractivity (Wildman–Crippen MR) is 163 cm³/mol. The van der Waals surface area contributed by atoms with Crippen molar-refractivity contribution in [1.29, 1.82) is 0 Å². The Kier molecular flexibility index (Phi) is 14.6. The fourth-order valence-electron chi connectivity index (χ4n) is 5.08. The number of aliphatic hydroxyl groups excluding tert-OH is 2. The van der Waals surface area contributed by atoms with Crippen molar-refractivity contribution in [2.75, 3.05) is 20.8 Å². The van der Waals surface area contributed by atoms with E-state index in [2.05, 4.69) is 22.2 Å². The fraction of sp³-hybridized carbons (Fsp3) is 0.545. The molecule has 4 atom stereocenters. The van der Waals surface area contributed by atoms with Gasteiger partial charge in [-0.05, 0) is 56.9 Å². The van der Waals surface area contributed by atoms with Crippen molar-refractivity contribution in [3.05, 3.63) is 71.0 Å². The number of rotatable bonds is 8. The van der Waals surface area contributed by atoms with E-state index in [0.717, 1.165) is 72.4 Å². The molecule has 1 aliphatic heterocycles. The Bertz CT molecular complexity index is 1200. The van der Waals surface area contributed by atoms with Crippen LogP contribution in [0.1, 0.15) is 70.6 Å². The SMILES string of the molecule is CCCCC1NC(=O)C(C)C(O)C1C1=C(OC)CCC=C1OC.CCCO.Cc1ccc(-c2ccnc(F)c2C)cn1. The highest BCUT2D eigenvalue weighted by Gasteiger charge is 2.45. The van der Waals surface area contributed by atoms with E-state index < -0.39 is 18.0 Å². The monoisotopic (exact) mass is 585 g/mol. The number of aliphatic hydroxyl groups is 2. The van der Waals surface area contributed by atoms with Crippen LogP contribution in [0.25, 0.3) is 11.1 Å². The summed E-state index contributed by atoms with van der Waals surface area (Å²) in [5.74, 6) is 0.487. The van der Waals surface area contributed by atoms with Gasteiger partial charge in [0.2, 0.25) is 11.9 Å². The summed E-state index contributed by atoms with van der Waals surface area (Å²) < 4.78 is 24.4. The zero-order valence-corrected chi connectivity index (χ0v) is 26.1. The van der Waals surface area contributed by atoms with Crippen molar-refractivity contribution in [2.45, 2.75) is 85.3 Å². The maximum absolute atomic E-state index is 13.2. The second-order valence-corrected chi connectivity index (χ2v) is 10.6. The molecule has 3 heterocycles. The van der Waals surface area contributed by atoms with Crippen molar-refractivity contribution in [2.24, 2.45) is 11.8 Å². The molecule has 4 unspecified atom stereocenters. The number of hydrogen-bond donors (Lipinski definition) is 3. The summed E-state index contributed by atoms with van der Waals surface area (Å²) in [5.41, 5.74) is 4.19. The number of pyridine rings is 2. The molecule has 0 bridgehead atoms. The van der Waals surface area contributed by atoms with Gasteiger partial charge < -0.3 is 25.0 Å². The van der Waals surface area contributed by atoms with Gasteiger partial charge in [-0.1, -0.05) is 39.7 Å². The molecule has 1 amide bonds. The molecule has 42 heavy (non-hydrogen) atoms. The number of ether oxygens (including phenoxy) is 2. The molecule has 1 saturated heterocycles. The lowest BCUT2D eigenvalue weighted by molar-refractivity contribution is -0.135. The van der Waals surface area contributed by atoms with Gasteiger partial charge in [-0.3, -0.25) is 9.78 Å². The minimum atomic E-state index is -0.734. The molecule has 2 aromatic rings. The molecule has 232 valence electrons. The van der Waals surface area contributed by atoms with E-state index in [1.54, 1.807) is 40.3 Å². The number of aromatic nitrogens is 2. The van der Waals surface area contributed by atoms with Gasteiger partial charge in [0.15, 0.2) is 0 Å². The Morgan fingerprint density at radius 1 is 1.10 bits per heavy atom. The number of amides is 1. The van der Waals surface area contributed by atoms with Crippen LogP contribution in [0.3, 0.4) is 0 Å². The first kappa shape index (κ1) is 34.9. The standard InChI is InChI=1S/C18H29NO4.C12H11FN2.C3H8O/c1-5-6-8-12-15(17(20)11(2)18(21)19-12)16-13(22-3)9-7-10-14(16)23-4;1-8-3-4-10(7-15-8)11-5-6-14-12(13)9(11)2;1-2-3-4/h9,11-12,15,17,20H,5-8,10H2,1-4H3,(H,19,21);3-7H,1-2H3;4H,2-3H2,1H3. The van der Waals surface area contributed by atoms with Crippen molar-refractivity contribution in [3.63, 3.8) is 0 Å². The van der Waals surface area contributed by atoms with Gasteiger partial charge >= 0.3 is 0 Å². The van der Waals surface area contributed by atoms with Crippen LogP contribution in [0.5, 0.6) is 0 Å². The second kappa shape index (κ2) is 17.6.